The summed E-state index contributed by atoms with van der Waals surface area (Å²) in [5.41, 5.74) is 3.04. The molecule has 1 aromatic carbocycles. The summed E-state index contributed by atoms with van der Waals surface area (Å²) in [5, 5.41) is 8.25. The molecule has 2 heterocycles. The summed E-state index contributed by atoms with van der Waals surface area (Å²) < 4.78 is 1.93. The Morgan fingerprint density at radius 3 is 3.00 bits per heavy atom. The van der Waals surface area contributed by atoms with Gasteiger partial charge in [0.25, 0.3) is 0 Å². The fourth-order valence-electron chi connectivity index (χ4n) is 1.73. The van der Waals surface area contributed by atoms with Gasteiger partial charge in [0.15, 0.2) is 11.5 Å². The number of aromatic nitrogens is 4. The van der Waals surface area contributed by atoms with Gasteiger partial charge in [0.2, 0.25) is 0 Å². The minimum atomic E-state index is 0.763. The first-order valence-electron chi connectivity index (χ1n) is 5.06. The zero-order valence-electron chi connectivity index (χ0n) is 8.83. The van der Waals surface area contributed by atoms with E-state index in [0.717, 1.165) is 17.0 Å². The van der Waals surface area contributed by atoms with Crippen molar-refractivity contribution in [3.63, 3.8) is 0 Å². The number of fused-ring (bicyclic) bond motifs is 1. The second-order valence-corrected chi connectivity index (χ2v) is 3.70. The second-order valence-electron chi connectivity index (χ2n) is 3.70. The van der Waals surface area contributed by atoms with Gasteiger partial charge in [0.05, 0.1) is 6.20 Å². The van der Waals surface area contributed by atoms with Crippen LogP contribution < -0.4 is 0 Å². The standard InChI is InChI=1S/C12H10N4/c1-9-3-2-4-10(7-9)12-15-14-11-8-13-5-6-16(11)12/h2-8H,1H3. The number of rotatable bonds is 1. The Balaban J connectivity index is 2.26. The molecule has 0 N–H and O–H groups in total. The van der Waals surface area contributed by atoms with E-state index in [1.54, 1.807) is 12.4 Å². The molecule has 4 heteroatoms. The number of aryl methyl sites for hydroxylation is 1. The fraction of sp³-hybridized carbons (Fsp3) is 0.0833. The molecule has 0 saturated carbocycles. The van der Waals surface area contributed by atoms with Gasteiger partial charge in [0, 0.05) is 18.0 Å². The highest BCUT2D eigenvalue weighted by Crippen LogP contribution is 2.18. The van der Waals surface area contributed by atoms with Gasteiger partial charge in [-0.25, -0.2) is 0 Å². The Morgan fingerprint density at radius 1 is 1.19 bits per heavy atom. The van der Waals surface area contributed by atoms with Crippen LogP contribution in [0.1, 0.15) is 5.56 Å². The normalized spacial score (nSPS) is 10.8. The summed E-state index contributed by atoms with van der Waals surface area (Å²) in [6.07, 6.45) is 5.30. The van der Waals surface area contributed by atoms with Crippen molar-refractivity contribution in [2.75, 3.05) is 0 Å². The van der Waals surface area contributed by atoms with Gasteiger partial charge in [-0.2, -0.15) is 0 Å². The van der Waals surface area contributed by atoms with Crippen LogP contribution in [0.5, 0.6) is 0 Å². The van der Waals surface area contributed by atoms with Crippen LogP contribution in [0, 0.1) is 6.92 Å². The molecular weight excluding hydrogens is 200 g/mol. The first-order chi connectivity index (χ1) is 7.84. The second kappa shape index (κ2) is 3.41. The van der Waals surface area contributed by atoms with Gasteiger partial charge in [0.1, 0.15) is 0 Å². The number of nitrogens with zero attached hydrogens (tertiary/aromatic N) is 4. The SMILES string of the molecule is Cc1cccc(-c2nnc3cnccn23)c1. The van der Waals surface area contributed by atoms with Crippen LogP contribution in [-0.4, -0.2) is 19.6 Å². The molecule has 0 saturated heterocycles. The van der Waals surface area contributed by atoms with E-state index >= 15 is 0 Å². The highest BCUT2D eigenvalue weighted by Gasteiger charge is 2.06. The lowest BCUT2D eigenvalue weighted by molar-refractivity contribution is 1.11. The average Bonchev–Trinajstić information content (AvgIpc) is 2.72. The molecule has 2 aromatic heterocycles. The van der Waals surface area contributed by atoms with E-state index in [9.17, 15) is 0 Å². The molecule has 0 spiro atoms. The van der Waals surface area contributed by atoms with Gasteiger partial charge >= 0.3 is 0 Å². The van der Waals surface area contributed by atoms with Crippen molar-refractivity contribution in [3.8, 4) is 11.4 Å². The quantitative estimate of drug-likeness (QED) is 0.617. The highest BCUT2D eigenvalue weighted by molar-refractivity contribution is 5.59. The molecule has 3 rings (SSSR count). The molecular formula is C12H10N4. The predicted molar refractivity (Wildman–Crippen MR) is 61.0 cm³/mol. The van der Waals surface area contributed by atoms with Crippen LogP contribution in [-0.2, 0) is 0 Å². The topological polar surface area (TPSA) is 43.1 Å². The summed E-state index contributed by atoms with van der Waals surface area (Å²) in [6.45, 7) is 2.06. The lowest BCUT2D eigenvalue weighted by atomic mass is 10.1. The molecule has 0 amide bonds. The molecule has 0 aliphatic heterocycles. The average molecular weight is 210 g/mol. The summed E-state index contributed by atoms with van der Waals surface area (Å²) >= 11 is 0. The molecule has 0 unspecified atom stereocenters. The van der Waals surface area contributed by atoms with Crippen LogP contribution in [0.3, 0.4) is 0 Å². The smallest absolute Gasteiger partial charge is 0.179 e. The summed E-state index contributed by atoms with van der Waals surface area (Å²) in [4.78, 5) is 4.01. The van der Waals surface area contributed by atoms with Crippen LogP contribution in [0.15, 0.2) is 42.9 Å². The Hall–Kier alpha value is -2.23. The van der Waals surface area contributed by atoms with E-state index in [-0.39, 0.29) is 0 Å². The van der Waals surface area contributed by atoms with E-state index in [4.69, 9.17) is 0 Å². The lowest BCUT2D eigenvalue weighted by Gasteiger charge is -2.00. The van der Waals surface area contributed by atoms with E-state index in [2.05, 4.69) is 34.2 Å². The Kier molecular flexibility index (Phi) is 1.93. The Bertz CT molecular complexity index is 642. The zero-order chi connectivity index (χ0) is 11.0. The summed E-state index contributed by atoms with van der Waals surface area (Å²) in [7, 11) is 0. The minimum absolute atomic E-state index is 0.763. The van der Waals surface area contributed by atoms with Crippen molar-refractivity contribution in [2.45, 2.75) is 6.92 Å². The molecule has 16 heavy (non-hydrogen) atoms. The largest absolute Gasteiger partial charge is 0.280 e. The number of hydrogen-bond donors (Lipinski definition) is 0. The van der Waals surface area contributed by atoms with Crippen molar-refractivity contribution < 1.29 is 0 Å². The molecule has 4 nitrogen and oxygen atoms in total. The highest BCUT2D eigenvalue weighted by atomic mass is 15.2. The molecule has 0 aliphatic rings. The van der Waals surface area contributed by atoms with Crippen molar-refractivity contribution in [1.29, 1.82) is 0 Å². The third-order valence-corrected chi connectivity index (χ3v) is 2.49. The monoisotopic (exact) mass is 210 g/mol. The van der Waals surface area contributed by atoms with E-state index in [1.165, 1.54) is 5.56 Å². The summed E-state index contributed by atoms with van der Waals surface area (Å²) in [5.74, 6) is 0.848. The first-order valence-corrected chi connectivity index (χ1v) is 5.06. The molecule has 0 atom stereocenters. The van der Waals surface area contributed by atoms with Gasteiger partial charge in [-0.15, -0.1) is 10.2 Å². The molecule has 0 aliphatic carbocycles. The van der Waals surface area contributed by atoms with Gasteiger partial charge < -0.3 is 0 Å². The van der Waals surface area contributed by atoms with Crippen LogP contribution in [0.2, 0.25) is 0 Å². The number of benzene rings is 1. The van der Waals surface area contributed by atoms with Gasteiger partial charge in [-0.1, -0.05) is 23.8 Å². The molecule has 78 valence electrons. The molecule has 0 fully saturated rings. The maximum Gasteiger partial charge on any atom is 0.179 e. The predicted octanol–water partition coefficient (Wildman–Crippen LogP) is 2.10. The van der Waals surface area contributed by atoms with Crippen molar-refractivity contribution in [3.05, 3.63) is 48.4 Å². The lowest BCUT2D eigenvalue weighted by Crippen LogP contribution is -1.89. The van der Waals surface area contributed by atoms with Crippen LogP contribution in [0.4, 0.5) is 0 Å². The van der Waals surface area contributed by atoms with Crippen LogP contribution in [0.25, 0.3) is 17.0 Å². The molecule has 0 bridgehead atoms. The Morgan fingerprint density at radius 2 is 2.12 bits per heavy atom. The van der Waals surface area contributed by atoms with Crippen molar-refractivity contribution in [1.82, 2.24) is 19.6 Å². The Labute approximate surface area is 92.6 Å². The fourth-order valence-corrected chi connectivity index (χ4v) is 1.73. The van der Waals surface area contributed by atoms with Gasteiger partial charge in [-0.3, -0.25) is 9.38 Å². The summed E-state index contributed by atoms with van der Waals surface area (Å²) in [6, 6.07) is 8.21. The maximum atomic E-state index is 4.18. The third kappa shape index (κ3) is 1.35. The van der Waals surface area contributed by atoms with Crippen molar-refractivity contribution >= 4 is 5.65 Å². The number of hydrogen-bond acceptors (Lipinski definition) is 3. The molecule has 0 radical (unpaired) electrons. The van der Waals surface area contributed by atoms with Crippen LogP contribution >= 0.6 is 0 Å². The maximum absolute atomic E-state index is 4.18. The first kappa shape index (κ1) is 9.03. The van der Waals surface area contributed by atoms with E-state index in [1.807, 2.05) is 22.7 Å². The van der Waals surface area contributed by atoms with Crippen molar-refractivity contribution in [2.24, 2.45) is 0 Å². The minimum Gasteiger partial charge on any atom is -0.280 e. The van der Waals surface area contributed by atoms with E-state index < -0.39 is 0 Å². The molecule has 3 aromatic rings. The van der Waals surface area contributed by atoms with Gasteiger partial charge in [-0.05, 0) is 13.0 Å². The third-order valence-electron chi connectivity index (χ3n) is 2.49. The zero-order valence-corrected chi connectivity index (χ0v) is 8.83. The van der Waals surface area contributed by atoms with E-state index in [0.29, 0.717) is 0 Å².